The third-order valence-electron chi connectivity index (χ3n) is 4.77. The average Bonchev–Trinajstić information content (AvgIpc) is 2.63. The molecule has 0 fully saturated rings. The van der Waals surface area contributed by atoms with E-state index in [1.165, 1.54) is 4.57 Å². The quantitative estimate of drug-likeness (QED) is 0.571. The zero-order valence-electron chi connectivity index (χ0n) is 16.5. The summed E-state index contributed by atoms with van der Waals surface area (Å²) in [7, 11) is 0. The molecule has 0 amide bonds. The Bertz CT molecular complexity index is 949. The van der Waals surface area contributed by atoms with Gasteiger partial charge in [0.05, 0.1) is 11.3 Å². The van der Waals surface area contributed by atoms with Gasteiger partial charge in [0.2, 0.25) is 5.88 Å². The van der Waals surface area contributed by atoms with Crippen molar-refractivity contribution in [3.05, 3.63) is 56.4 Å². The van der Waals surface area contributed by atoms with E-state index in [-0.39, 0.29) is 11.4 Å². The number of aliphatic imine (C=N–C) groups is 1. The molecule has 27 heavy (non-hydrogen) atoms. The molecule has 0 radical (unpaired) electrons. The number of aryl methyl sites for hydroxylation is 2. The fourth-order valence-electron chi connectivity index (χ4n) is 3.11. The molecule has 0 saturated carbocycles. The van der Waals surface area contributed by atoms with Crippen LogP contribution in [0.4, 0.5) is 5.69 Å². The number of hydrogen-bond acceptors (Lipinski definition) is 4. The molecule has 0 aliphatic heterocycles. The van der Waals surface area contributed by atoms with E-state index in [1.54, 1.807) is 13.1 Å². The largest absolute Gasteiger partial charge is 0.494 e. The maximum absolute atomic E-state index is 12.6. The van der Waals surface area contributed by atoms with Gasteiger partial charge in [-0.15, -0.1) is 0 Å². The number of aromatic nitrogens is 1. The van der Waals surface area contributed by atoms with E-state index in [2.05, 4.69) is 11.9 Å². The number of nitriles is 1. The third kappa shape index (κ3) is 4.65. The number of nitrogens with zero attached hydrogens (tertiary/aromatic N) is 3. The van der Waals surface area contributed by atoms with Crippen molar-refractivity contribution in [3.63, 3.8) is 0 Å². The molecular formula is C22H27N3O2. The molecule has 1 heterocycles. The van der Waals surface area contributed by atoms with Crippen LogP contribution in [0, 0.1) is 32.1 Å². The van der Waals surface area contributed by atoms with Crippen LogP contribution in [0.1, 0.15) is 60.4 Å². The van der Waals surface area contributed by atoms with Crippen LogP contribution in [0.15, 0.2) is 28.0 Å². The number of pyridine rings is 1. The van der Waals surface area contributed by atoms with Crippen LogP contribution in [-0.2, 0) is 6.54 Å². The Morgan fingerprint density at radius 1 is 1.22 bits per heavy atom. The number of benzene rings is 1. The Morgan fingerprint density at radius 3 is 2.59 bits per heavy atom. The second-order valence-electron chi connectivity index (χ2n) is 6.91. The number of aromatic hydroxyl groups is 1. The first-order valence-corrected chi connectivity index (χ1v) is 9.38. The second kappa shape index (κ2) is 9.18. The Morgan fingerprint density at radius 2 is 1.96 bits per heavy atom. The third-order valence-corrected chi connectivity index (χ3v) is 4.77. The molecule has 5 heteroatoms. The minimum absolute atomic E-state index is 0.0605. The van der Waals surface area contributed by atoms with E-state index < -0.39 is 5.56 Å². The van der Waals surface area contributed by atoms with Crippen LogP contribution in [-0.4, -0.2) is 15.9 Å². The fourth-order valence-corrected chi connectivity index (χ4v) is 3.11. The van der Waals surface area contributed by atoms with Crippen molar-refractivity contribution in [2.45, 2.75) is 59.9 Å². The SMILES string of the molecule is CCCCCCn1c(O)c(C=Nc2ccc(C)cc2C)c(C)c(C#N)c1=O. The van der Waals surface area contributed by atoms with Crippen molar-refractivity contribution >= 4 is 11.9 Å². The number of rotatable bonds is 7. The topological polar surface area (TPSA) is 78.4 Å². The molecular weight excluding hydrogens is 338 g/mol. The first-order valence-electron chi connectivity index (χ1n) is 9.38. The Kier molecular flexibility index (Phi) is 6.95. The highest BCUT2D eigenvalue weighted by Crippen LogP contribution is 2.23. The van der Waals surface area contributed by atoms with E-state index in [1.807, 2.05) is 38.1 Å². The molecule has 0 bridgehead atoms. The van der Waals surface area contributed by atoms with Gasteiger partial charge < -0.3 is 5.11 Å². The van der Waals surface area contributed by atoms with Gasteiger partial charge in [0.1, 0.15) is 11.6 Å². The highest BCUT2D eigenvalue weighted by molar-refractivity contribution is 5.87. The second-order valence-corrected chi connectivity index (χ2v) is 6.91. The van der Waals surface area contributed by atoms with Crippen LogP contribution in [0.5, 0.6) is 5.88 Å². The van der Waals surface area contributed by atoms with Gasteiger partial charge >= 0.3 is 0 Å². The normalized spacial score (nSPS) is 11.1. The van der Waals surface area contributed by atoms with Gasteiger partial charge in [-0.1, -0.05) is 43.9 Å². The van der Waals surface area contributed by atoms with Gasteiger partial charge in [-0.3, -0.25) is 14.4 Å². The summed E-state index contributed by atoms with van der Waals surface area (Å²) >= 11 is 0. The first kappa shape index (κ1) is 20.4. The van der Waals surface area contributed by atoms with E-state index in [0.717, 1.165) is 42.5 Å². The van der Waals surface area contributed by atoms with Crippen molar-refractivity contribution in [1.29, 1.82) is 5.26 Å². The average molecular weight is 365 g/mol. The summed E-state index contributed by atoms with van der Waals surface area (Å²) in [5, 5.41) is 20.1. The Hall–Kier alpha value is -2.87. The van der Waals surface area contributed by atoms with Gasteiger partial charge in [0.25, 0.3) is 5.56 Å². The Labute approximate surface area is 160 Å². The standard InChI is InChI=1S/C22H27N3O2/c1-5-6-7-8-11-25-21(26)18(13-23)17(4)19(22(25)27)14-24-20-10-9-15(2)12-16(20)3/h9-10,12,14,27H,5-8,11H2,1-4H3. The van der Waals surface area contributed by atoms with Crippen LogP contribution in [0.3, 0.4) is 0 Å². The van der Waals surface area contributed by atoms with Gasteiger partial charge in [-0.25, -0.2) is 0 Å². The zero-order chi connectivity index (χ0) is 20.0. The Balaban J connectivity index is 2.47. The highest BCUT2D eigenvalue weighted by atomic mass is 16.3. The minimum Gasteiger partial charge on any atom is -0.494 e. The van der Waals surface area contributed by atoms with E-state index in [4.69, 9.17) is 0 Å². The van der Waals surface area contributed by atoms with Gasteiger partial charge in [0.15, 0.2) is 0 Å². The van der Waals surface area contributed by atoms with Gasteiger partial charge in [0, 0.05) is 12.8 Å². The first-order chi connectivity index (χ1) is 12.9. The molecule has 1 aromatic carbocycles. The summed E-state index contributed by atoms with van der Waals surface area (Å²) in [5.74, 6) is -0.124. The molecule has 1 N–H and O–H groups in total. The predicted molar refractivity (Wildman–Crippen MR) is 109 cm³/mol. The lowest BCUT2D eigenvalue weighted by atomic mass is 10.1. The van der Waals surface area contributed by atoms with Crippen LogP contribution >= 0.6 is 0 Å². The van der Waals surface area contributed by atoms with Crippen molar-refractivity contribution in [2.75, 3.05) is 0 Å². The molecule has 5 nitrogen and oxygen atoms in total. The highest BCUT2D eigenvalue weighted by Gasteiger charge is 2.17. The maximum Gasteiger partial charge on any atom is 0.271 e. The number of hydrogen-bond donors (Lipinski definition) is 1. The van der Waals surface area contributed by atoms with Crippen LogP contribution in [0.25, 0.3) is 0 Å². The zero-order valence-corrected chi connectivity index (χ0v) is 16.5. The van der Waals surface area contributed by atoms with Gasteiger partial charge in [-0.05, 0) is 44.4 Å². The lowest BCUT2D eigenvalue weighted by molar-refractivity contribution is 0.397. The predicted octanol–water partition coefficient (Wildman–Crippen LogP) is 4.68. The molecule has 2 rings (SSSR count). The summed E-state index contributed by atoms with van der Waals surface area (Å²) in [6.07, 6.45) is 5.47. The number of unbranched alkanes of at least 4 members (excludes halogenated alkanes) is 3. The van der Waals surface area contributed by atoms with Crippen LogP contribution < -0.4 is 5.56 Å². The summed E-state index contributed by atoms with van der Waals surface area (Å²) in [4.78, 5) is 17.0. The molecule has 0 saturated heterocycles. The summed E-state index contributed by atoms with van der Waals surface area (Å²) in [6, 6.07) is 7.91. The molecule has 0 unspecified atom stereocenters. The molecule has 142 valence electrons. The molecule has 0 atom stereocenters. The van der Waals surface area contributed by atoms with Crippen molar-refractivity contribution in [2.24, 2.45) is 4.99 Å². The van der Waals surface area contributed by atoms with Crippen LogP contribution in [0.2, 0.25) is 0 Å². The lowest BCUT2D eigenvalue weighted by Crippen LogP contribution is -2.25. The molecule has 0 aliphatic carbocycles. The van der Waals surface area contributed by atoms with E-state index in [9.17, 15) is 15.2 Å². The lowest BCUT2D eigenvalue weighted by Gasteiger charge is -2.14. The minimum atomic E-state index is -0.437. The summed E-state index contributed by atoms with van der Waals surface area (Å²) in [6.45, 7) is 8.17. The smallest absolute Gasteiger partial charge is 0.271 e. The summed E-state index contributed by atoms with van der Waals surface area (Å²) in [5.41, 5.74) is 3.46. The molecule has 1 aromatic heterocycles. The molecule has 0 aliphatic rings. The van der Waals surface area contributed by atoms with Crippen molar-refractivity contribution in [1.82, 2.24) is 4.57 Å². The van der Waals surface area contributed by atoms with Crippen molar-refractivity contribution in [3.8, 4) is 11.9 Å². The van der Waals surface area contributed by atoms with Gasteiger partial charge in [-0.2, -0.15) is 5.26 Å². The molecule has 0 spiro atoms. The monoisotopic (exact) mass is 365 g/mol. The molecule has 2 aromatic rings. The summed E-state index contributed by atoms with van der Waals surface area (Å²) < 4.78 is 1.30. The van der Waals surface area contributed by atoms with E-state index >= 15 is 0 Å². The van der Waals surface area contributed by atoms with Crippen molar-refractivity contribution < 1.29 is 5.11 Å². The van der Waals surface area contributed by atoms with E-state index in [0.29, 0.717) is 17.7 Å². The fraction of sp³-hybridized carbons (Fsp3) is 0.409. The maximum atomic E-state index is 12.6.